The molecule has 0 bridgehead atoms. The van der Waals surface area contributed by atoms with Crippen molar-refractivity contribution in [3.05, 3.63) is 42.5 Å². The number of rotatable bonds is 4. The van der Waals surface area contributed by atoms with Crippen molar-refractivity contribution in [1.82, 2.24) is 10.2 Å². The molecule has 1 unspecified atom stereocenters. The molecule has 86 valence electrons. The van der Waals surface area contributed by atoms with Crippen LogP contribution in [-0.2, 0) is 0 Å². The summed E-state index contributed by atoms with van der Waals surface area (Å²) in [7, 11) is 2.19. The highest BCUT2D eigenvalue weighted by atomic mass is 15.2. The average molecular weight is 216 g/mol. The Morgan fingerprint density at radius 2 is 2.19 bits per heavy atom. The van der Waals surface area contributed by atoms with Crippen LogP contribution in [0.4, 0.5) is 0 Å². The van der Waals surface area contributed by atoms with Crippen molar-refractivity contribution in [2.75, 3.05) is 26.7 Å². The molecule has 2 heteroatoms. The van der Waals surface area contributed by atoms with Gasteiger partial charge in [-0.1, -0.05) is 36.9 Å². The zero-order valence-electron chi connectivity index (χ0n) is 9.95. The lowest BCUT2D eigenvalue weighted by molar-refractivity contribution is 0.288. The van der Waals surface area contributed by atoms with E-state index in [0.29, 0.717) is 6.04 Å². The summed E-state index contributed by atoms with van der Waals surface area (Å²) in [5.41, 5.74) is 2.45. The lowest BCUT2D eigenvalue weighted by Gasteiger charge is -2.24. The lowest BCUT2D eigenvalue weighted by Crippen LogP contribution is -2.34. The summed E-state index contributed by atoms with van der Waals surface area (Å²) in [5, 5.41) is 3.39. The standard InChI is InChI=1S/C14H20N2/c1-12(13-6-4-3-5-7-13)11-16(2)14-8-9-15-10-14/h3-7,14-15H,1,8-11H2,2H3. The summed E-state index contributed by atoms with van der Waals surface area (Å²) in [4.78, 5) is 2.40. The molecular weight excluding hydrogens is 196 g/mol. The van der Waals surface area contributed by atoms with Gasteiger partial charge in [0.2, 0.25) is 0 Å². The quantitative estimate of drug-likeness (QED) is 0.828. The highest BCUT2D eigenvalue weighted by Gasteiger charge is 2.19. The molecule has 1 fully saturated rings. The second-order valence-electron chi connectivity index (χ2n) is 4.53. The molecule has 0 amide bonds. The molecule has 0 saturated carbocycles. The van der Waals surface area contributed by atoms with E-state index in [0.717, 1.165) is 19.6 Å². The Hall–Kier alpha value is -1.12. The maximum absolute atomic E-state index is 4.17. The van der Waals surface area contributed by atoms with Crippen LogP contribution in [0.15, 0.2) is 36.9 Å². The Morgan fingerprint density at radius 3 is 2.81 bits per heavy atom. The van der Waals surface area contributed by atoms with E-state index in [1.54, 1.807) is 0 Å². The van der Waals surface area contributed by atoms with E-state index in [1.165, 1.54) is 17.6 Å². The van der Waals surface area contributed by atoms with Gasteiger partial charge in [0.25, 0.3) is 0 Å². The van der Waals surface area contributed by atoms with Crippen LogP contribution in [0.2, 0.25) is 0 Å². The third kappa shape index (κ3) is 2.71. The van der Waals surface area contributed by atoms with E-state index in [9.17, 15) is 0 Å². The van der Waals surface area contributed by atoms with Crippen LogP contribution < -0.4 is 5.32 Å². The number of hydrogen-bond acceptors (Lipinski definition) is 2. The monoisotopic (exact) mass is 216 g/mol. The zero-order chi connectivity index (χ0) is 11.4. The van der Waals surface area contributed by atoms with Crippen molar-refractivity contribution < 1.29 is 0 Å². The first kappa shape index (κ1) is 11.4. The summed E-state index contributed by atoms with van der Waals surface area (Å²) in [6.45, 7) is 7.38. The Labute approximate surface area is 98.0 Å². The maximum Gasteiger partial charge on any atom is 0.0234 e. The Kier molecular flexibility index (Phi) is 3.75. The molecule has 1 aliphatic heterocycles. The molecule has 0 radical (unpaired) electrons. The fourth-order valence-electron chi connectivity index (χ4n) is 2.21. The van der Waals surface area contributed by atoms with Gasteiger partial charge in [-0.25, -0.2) is 0 Å². The third-order valence-electron chi connectivity index (χ3n) is 3.28. The molecule has 2 nitrogen and oxygen atoms in total. The van der Waals surface area contributed by atoms with Gasteiger partial charge in [-0.3, -0.25) is 4.90 Å². The van der Waals surface area contributed by atoms with Crippen molar-refractivity contribution in [3.63, 3.8) is 0 Å². The van der Waals surface area contributed by atoms with Gasteiger partial charge in [0.1, 0.15) is 0 Å². The number of nitrogens with one attached hydrogen (secondary N) is 1. The van der Waals surface area contributed by atoms with Crippen LogP contribution >= 0.6 is 0 Å². The minimum atomic E-state index is 0.667. The number of likely N-dealkylation sites (N-methyl/N-ethyl adjacent to an activating group) is 1. The number of benzene rings is 1. The largest absolute Gasteiger partial charge is 0.315 e. The molecule has 1 aromatic rings. The van der Waals surface area contributed by atoms with Crippen LogP contribution in [0, 0.1) is 0 Å². The molecule has 1 aliphatic rings. The SMILES string of the molecule is C=C(CN(C)C1CCNC1)c1ccccc1. The van der Waals surface area contributed by atoms with Crippen LogP contribution in [0.3, 0.4) is 0 Å². The molecule has 1 N–H and O–H groups in total. The predicted octanol–water partition coefficient (Wildman–Crippen LogP) is 1.99. The summed E-state index contributed by atoms with van der Waals surface area (Å²) in [6.07, 6.45) is 1.25. The molecule has 16 heavy (non-hydrogen) atoms. The summed E-state index contributed by atoms with van der Waals surface area (Å²) in [6, 6.07) is 11.1. The smallest absolute Gasteiger partial charge is 0.0234 e. The Bertz CT molecular complexity index is 339. The molecular formula is C14H20N2. The van der Waals surface area contributed by atoms with Crippen molar-refractivity contribution in [3.8, 4) is 0 Å². The van der Waals surface area contributed by atoms with Crippen LogP contribution in [0.1, 0.15) is 12.0 Å². The van der Waals surface area contributed by atoms with Gasteiger partial charge in [-0.2, -0.15) is 0 Å². The van der Waals surface area contributed by atoms with E-state index >= 15 is 0 Å². The van der Waals surface area contributed by atoms with Gasteiger partial charge in [-0.15, -0.1) is 0 Å². The minimum Gasteiger partial charge on any atom is -0.315 e. The van der Waals surface area contributed by atoms with Crippen LogP contribution in [0.25, 0.3) is 5.57 Å². The van der Waals surface area contributed by atoms with E-state index in [2.05, 4.69) is 48.1 Å². The van der Waals surface area contributed by atoms with Gasteiger partial charge < -0.3 is 5.32 Å². The normalized spacial score (nSPS) is 20.2. The Balaban J connectivity index is 1.92. The fraction of sp³-hybridized carbons (Fsp3) is 0.429. The van der Waals surface area contributed by atoms with Gasteiger partial charge in [-0.05, 0) is 31.1 Å². The summed E-state index contributed by atoms with van der Waals surface area (Å²) < 4.78 is 0. The van der Waals surface area contributed by atoms with Crippen LogP contribution in [0.5, 0.6) is 0 Å². The summed E-state index contributed by atoms with van der Waals surface area (Å²) in [5.74, 6) is 0. The van der Waals surface area contributed by atoms with Crippen molar-refractivity contribution in [1.29, 1.82) is 0 Å². The average Bonchev–Trinajstić information content (AvgIpc) is 2.83. The first-order valence-corrected chi connectivity index (χ1v) is 5.91. The molecule has 0 spiro atoms. The van der Waals surface area contributed by atoms with Gasteiger partial charge in [0.05, 0.1) is 0 Å². The van der Waals surface area contributed by atoms with Crippen LogP contribution in [-0.4, -0.2) is 37.6 Å². The van der Waals surface area contributed by atoms with E-state index in [1.807, 2.05) is 6.07 Å². The predicted molar refractivity (Wildman–Crippen MR) is 69.4 cm³/mol. The highest BCUT2D eigenvalue weighted by molar-refractivity contribution is 5.64. The third-order valence-corrected chi connectivity index (χ3v) is 3.28. The molecule has 1 saturated heterocycles. The van der Waals surface area contributed by atoms with Crippen molar-refractivity contribution in [2.45, 2.75) is 12.5 Å². The van der Waals surface area contributed by atoms with E-state index < -0.39 is 0 Å². The highest BCUT2D eigenvalue weighted by Crippen LogP contribution is 2.15. The van der Waals surface area contributed by atoms with E-state index in [-0.39, 0.29) is 0 Å². The minimum absolute atomic E-state index is 0.667. The molecule has 1 aromatic carbocycles. The first-order valence-electron chi connectivity index (χ1n) is 5.91. The lowest BCUT2D eigenvalue weighted by atomic mass is 10.1. The van der Waals surface area contributed by atoms with Gasteiger partial charge in [0, 0.05) is 19.1 Å². The number of hydrogen-bond donors (Lipinski definition) is 1. The van der Waals surface area contributed by atoms with Gasteiger partial charge >= 0.3 is 0 Å². The zero-order valence-corrected chi connectivity index (χ0v) is 9.95. The van der Waals surface area contributed by atoms with Gasteiger partial charge in [0.15, 0.2) is 0 Å². The fourth-order valence-corrected chi connectivity index (χ4v) is 2.21. The molecule has 1 atom stereocenters. The maximum atomic E-state index is 4.17. The molecule has 1 heterocycles. The second-order valence-corrected chi connectivity index (χ2v) is 4.53. The molecule has 0 aliphatic carbocycles. The second kappa shape index (κ2) is 5.28. The molecule has 2 rings (SSSR count). The Morgan fingerprint density at radius 1 is 1.44 bits per heavy atom. The van der Waals surface area contributed by atoms with Crippen molar-refractivity contribution in [2.24, 2.45) is 0 Å². The topological polar surface area (TPSA) is 15.3 Å². The summed E-state index contributed by atoms with van der Waals surface area (Å²) >= 11 is 0. The van der Waals surface area contributed by atoms with Crippen molar-refractivity contribution >= 4 is 5.57 Å². The van der Waals surface area contributed by atoms with E-state index in [4.69, 9.17) is 0 Å². The number of nitrogens with zero attached hydrogens (tertiary/aromatic N) is 1. The molecule has 0 aromatic heterocycles. The first-order chi connectivity index (χ1) is 7.77.